The van der Waals surface area contributed by atoms with Gasteiger partial charge in [0, 0.05) is 5.56 Å². The number of allylic oxidation sites excluding steroid dienone is 1. The Bertz CT molecular complexity index is 574. The van der Waals surface area contributed by atoms with Crippen molar-refractivity contribution in [2.24, 2.45) is 0 Å². The van der Waals surface area contributed by atoms with Crippen LogP contribution in [0, 0.1) is 17.5 Å². The predicted molar refractivity (Wildman–Crippen MR) is 65.7 cm³/mol. The first-order valence-electron chi connectivity index (χ1n) is 5.48. The maximum Gasteiger partial charge on any atom is 0.195 e. The van der Waals surface area contributed by atoms with Gasteiger partial charge in [0.15, 0.2) is 17.5 Å². The lowest BCUT2D eigenvalue weighted by atomic mass is 10.00. The Morgan fingerprint density at radius 3 is 2.22 bits per heavy atom. The molecule has 2 aromatic carbocycles. The van der Waals surface area contributed by atoms with Gasteiger partial charge >= 0.3 is 0 Å². The Kier molecular flexibility index (Phi) is 3.51. The molecule has 18 heavy (non-hydrogen) atoms. The lowest BCUT2D eigenvalue weighted by Crippen LogP contribution is -2.00. The van der Waals surface area contributed by atoms with Crippen LogP contribution >= 0.6 is 0 Å². The van der Waals surface area contributed by atoms with E-state index in [9.17, 15) is 13.2 Å². The molecule has 0 aliphatic rings. The first-order valence-corrected chi connectivity index (χ1v) is 5.48. The summed E-state index contributed by atoms with van der Waals surface area (Å²) in [5.41, 5.74) is 0.674. The number of hydrogen-bond acceptors (Lipinski definition) is 0. The van der Waals surface area contributed by atoms with E-state index >= 15 is 0 Å². The maximum atomic E-state index is 13.7. The standard InChI is InChI=1S/C15H11F3/c1-2-6-11-9-12(10-7-4-3-5-8-10)14(17)15(18)13(11)16/h2-5,7-9H,1,6H2. The summed E-state index contributed by atoms with van der Waals surface area (Å²) in [6.45, 7) is 3.47. The smallest absolute Gasteiger partial charge is 0.195 e. The molecule has 2 rings (SSSR count). The molecule has 0 saturated heterocycles. The van der Waals surface area contributed by atoms with Crippen molar-refractivity contribution in [1.82, 2.24) is 0 Å². The lowest BCUT2D eigenvalue weighted by Gasteiger charge is -2.09. The molecule has 0 radical (unpaired) electrons. The van der Waals surface area contributed by atoms with Gasteiger partial charge in [-0.2, -0.15) is 0 Å². The molecule has 0 aromatic heterocycles. The Morgan fingerprint density at radius 2 is 1.61 bits per heavy atom. The zero-order valence-electron chi connectivity index (χ0n) is 9.59. The van der Waals surface area contributed by atoms with E-state index < -0.39 is 17.5 Å². The minimum absolute atomic E-state index is 0.0614. The predicted octanol–water partition coefficient (Wildman–Crippen LogP) is 4.50. The maximum absolute atomic E-state index is 13.7. The van der Waals surface area contributed by atoms with E-state index in [0.717, 1.165) is 0 Å². The van der Waals surface area contributed by atoms with Crippen LogP contribution in [0.3, 0.4) is 0 Å². The van der Waals surface area contributed by atoms with E-state index in [1.165, 1.54) is 12.1 Å². The van der Waals surface area contributed by atoms with Gasteiger partial charge in [-0.1, -0.05) is 36.4 Å². The minimum atomic E-state index is -1.44. The molecule has 0 saturated carbocycles. The fourth-order valence-electron chi connectivity index (χ4n) is 1.79. The lowest BCUT2D eigenvalue weighted by molar-refractivity contribution is 0.444. The van der Waals surface area contributed by atoms with Crippen molar-refractivity contribution >= 4 is 0 Å². The Balaban J connectivity index is 2.64. The van der Waals surface area contributed by atoms with Crippen LogP contribution in [0.1, 0.15) is 5.56 Å². The van der Waals surface area contributed by atoms with Crippen molar-refractivity contribution in [2.45, 2.75) is 6.42 Å². The molecular weight excluding hydrogens is 237 g/mol. The highest BCUT2D eigenvalue weighted by molar-refractivity contribution is 5.65. The van der Waals surface area contributed by atoms with Crippen LogP contribution in [0.25, 0.3) is 11.1 Å². The molecule has 2 aromatic rings. The van der Waals surface area contributed by atoms with Crippen molar-refractivity contribution in [1.29, 1.82) is 0 Å². The first kappa shape index (κ1) is 12.4. The van der Waals surface area contributed by atoms with Crippen LogP contribution in [-0.4, -0.2) is 0 Å². The average Bonchev–Trinajstić information content (AvgIpc) is 2.40. The molecule has 0 unspecified atom stereocenters. The molecule has 0 fully saturated rings. The third kappa shape index (κ3) is 2.16. The normalized spacial score (nSPS) is 10.4. The van der Waals surface area contributed by atoms with Crippen molar-refractivity contribution in [3.63, 3.8) is 0 Å². The van der Waals surface area contributed by atoms with Crippen molar-refractivity contribution in [3.8, 4) is 11.1 Å². The molecule has 3 heteroatoms. The topological polar surface area (TPSA) is 0 Å². The fourth-order valence-corrected chi connectivity index (χ4v) is 1.79. The van der Waals surface area contributed by atoms with E-state index in [1.54, 1.807) is 30.3 Å². The molecule has 0 nitrogen and oxygen atoms in total. The molecule has 92 valence electrons. The van der Waals surface area contributed by atoms with Crippen molar-refractivity contribution in [2.75, 3.05) is 0 Å². The van der Waals surface area contributed by atoms with Gasteiger partial charge in [-0.3, -0.25) is 0 Å². The number of benzene rings is 2. The van der Waals surface area contributed by atoms with Gasteiger partial charge in [-0.15, -0.1) is 6.58 Å². The van der Waals surface area contributed by atoms with Crippen LogP contribution < -0.4 is 0 Å². The summed E-state index contributed by atoms with van der Waals surface area (Å²) in [5.74, 6) is -3.74. The van der Waals surface area contributed by atoms with Crippen LogP contribution in [-0.2, 0) is 6.42 Å². The van der Waals surface area contributed by atoms with E-state index in [0.29, 0.717) is 5.56 Å². The van der Waals surface area contributed by atoms with Gasteiger partial charge in [0.05, 0.1) is 0 Å². The number of halogens is 3. The van der Waals surface area contributed by atoms with Gasteiger partial charge in [0.1, 0.15) is 0 Å². The van der Waals surface area contributed by atoms with Crippen LogP contribution in [0.5, 0.6) is 0 Å². The van der Waals surface area contributed by atoms with E-state index in [2.05, 4.69) is 6.58 Å². The largest absolute Gasteiger partial charge is 0.203 e. The molecule has 0 aliphatic carbocycles. The first-order chi connectivity index (χ1) is 8.65. The van der Waals surface area contributed by atoms with Gasteiger partial charge < -0.3 is 0 Å². The summed E-state index contributed by atoms with van der Waals surface area (Å²) in [6, 6.07) is 9.81. The van der Waals surface area contributed by atoms with Crippen molar-refractivity contribution < 1.29 is 13.2 Å². The fraction of sp³-hybridized carbons (Fsp3) is 0.0667. The Morgan fingerprint density at radius 1 is 0.944 bits per heavy atom. The van der Waals surface area contributed by atoms with Crippen LogP contribution in [0.15, 0.2) is 49.1 Å². The second kappa shape index (κ2) is 5.08. The molecule has 0 amide bonds. The highest BCUT2D eigenvalue weighted by Gasteiger charge is 2.18. The summed E-state index contributed by atoms with van der Waals surface area (Å²) in [7, 11) is 0. The third-order valence-electron chi connectivity index (χ3n) is 2.67. The Hall–Kier alpha value is -2.03. The summed E-state index contributed by atoms with van der Waals surface area (Å²) >= 11 is 0. The monoisotopic (exact) mass is 248 g/mol. The highest BCUT2D eigenvalue weighted by Crippen LogP contribution is 2.28. The zero-order valence-corrected chi connectivity index (χ0v) is 9.59. The summed E-state index contributed by atoms with van der Waals surface area (Å²) in [4.78, 5) is 0. The number of hydrogen-bond donors (Lipinski definition) is 0. The number of rotatable bonds is 3. The van der Waals surface area contributed by atoms with E-state index in [-0.39, 0.29) is 17.5 Å². The molecule has 0 N–H and O–H groups in total. The van der Waals surface area contributed by atoms with Crippen molar-refractivity contribution in [3.05, 3.63) is 72.1 Å². The van der Waals surface area contributed by atoms with Crippen LogP contribution in [0.4, 0.5) is 13.2 Å². The molecule has 0 bridgehead atoms. The molecular formula is C15H11F3. The average molecular weight is 248 g/mol. The second-order valence-electron chi connectivity index (χ2n) is 3.88. The third-order valence-corrected chi connectivity index (χ3v) is 2.67. The van der Waals surface area contributed by atoms with Gasteiger partial charge in [0.2, 0.25) is 0 Å². The van der Waals surface area contributed by atoms with Gasteiger partial charge in [-0.25, -0.2) is 13.2 Å². The minimum Gasteiger partial charge on any atom is -0.203 e. The molecule has 0 aliphatic heterocycles. The SMILES string of the molecule is C=CCc1cc(-c2ccccc2)c(F)c(F)c1F. The Labute approximate surface area is 103 Å². The summed E-state index contributed by atoms with van der Waals surface area (Å²) < 4.78 is 40.7. The highest BCUT2D eigenvalue weighted by atomic mass is 19.2. The molecule has 0 heterocycles. The van der Waals surface area contributed by atoms with E-state index in [1.807, 2.05) is 0 Å². The molecule has 0 spiro atoms. The van der Waals surface area contributed by atoms with Gasteiger partial charge in [0.25, 0.3) is 0 Å². The summed E-state index contributed by atoms with van der Waals surface area (Å²) in [5, 5.41) is 0. The van der Waals surface area contributed by atoms with Crippen LogP contribution in [0.2, 0.25) is 0 Å². The van der Waals surface area contributed by atoms with E-state index in [4.69, 9.17) is 0 Å². The van der Waals surface area contributed by atoms with Gasteiger partial charge in [-0.05, 0) is 23.6 Å². The quantitative estimate of drug-likeness (QED) is 0.554. The summed E-state index contributed by atoms with van der Waals surface area (Å²) in [6.07, 6.45) is 1.60. The zero-order chi connectivity index (χ0) is 13.1. The molecule has 0 atom stereocenters. The second-order valence-corrected chi connectivity index (χ2v) is 3.88.